The maximum absolute atomic E-state index is 12.1. The second-order valence-electron chi connectivity index (χ2n) is 4.32. The quantitative estimate of drug-likeness (QED) is 0.617. The third kappa shape index (κ3) is 4.55. The molecule has 0 aliphatic rings. The van der Waals surface area contributed by atoms with E-state index in [2.05, 4.69) is 20.0 Å². The zero-order chi connectivity index (χ0) is 15.1. The second-order valence-corrected chi connectivity index (χ2v) is 6.09. The Morgan fingerprint density at radius 2 is 2.05 bits per heavy atom. The Bertz CT molecular complexity index is 639. The third-order valence-electron chi connectivity index (χ3n) is 2.76. The summed E-state index contributed by atoms with van der Waals surface area (Å²) in [4.78, 5) is 6.86. The van der Waals surface area contributed by atoms with Gasteiger partial charge >= 0.3 is 0 Å². The Morgan fingerprint density at radius 3 is 2.67 bits per heavy atom. The van der Waals surface area contributed by atoms with Crippen LogP contribution in [0.3, 0.4) is 0 Å². The number of benzene rings is 1. The maximum Gasteiger partial charge on any atom is 0.240 e. The summed E-state index contributed by atoms with van der Waals surface area (Å²) < 4.78 is 32.1. The van der Waals surface area contributed by atoms with Crippen LogP contribution in [0.15, 0.2) is 41.7 Å². The molecule has 0 aliphatic heterocycles. The number of imidazole rings is 1. The average molecular weight is 310 g/mol. The van der Waals surface area contributed by atoms with Gasteiger partial charge in [0.25, 0.3) is 0 Å². The molecule has 0 amide bonds. The molecule has 1 aromatic heterocycles. The highest BCUT2D eigenvalue weighted by Crippen LogP contribution is 2.16. The standard InChI is InChI=1S/C13H18N4O3S/c1-14-6-7-20-12-2-4-13(5-3-12)21(18,19)17-9-11-8-15-10-16-11/h2-5,8,10,14,17H,6-7,9H2,1H3,(H,15,16). The number of hydrogen-bond donors (Lipinski definition) is 3. The summed E-state index contributed by atoms with van der Waals surface area (Å²) in [5.74, 6) is 0.637. The van der Waals surface area contributed by atoms with Crippen LogP contribution in [0.25, 0.3) is 0 Å². The molecule has 0 unspecified atom stereocenters. The van der Waals surface area contributed by atoms with Gasteiger partial charge in [-0.15, -0.1) is 0 Å². The molecule has 8 heteroatoms. The molecular weight excluding hydrogens is 292 g/mol. The SMILES string of the molecule is CNCCOc1ccc(S(=O)(=O)NCc2cnc[nH]2)cc1. The number of nitrogens with one attached hydrogen (secondary N) is 3. The van der Waals surface area contributed by atoms with Crippen LogP contribution >= 0.6 is 0 Å². The summed E-state index contributed by atoms with van der Waals surface area (Å²) >= 11 is 0. The summed E-state index contributed by atoms with van der Waals surface area (Å²) in [6, 6.07) is 6.31. The molecule has 7 nitrogen and oxygen atoms in total. The van der Waals surface area contributed by atoms with Gasteiger partial charge in [-0.25, -0.2) is 18.1 Å². The molecule has 0 saturated heterocycles. The van der Waals surface area contributed by atoms with Crippen molar-refractivity contribution in [2.75, 3.05) is 20.2 Å². The fourth-order valence-corrected chi connectivity index (χ4v) is 2.63. The highest BCUT2D eigenvalue weighted by atomic mass is 32.2. The molecular formula is C13H18N4O3S. The van der Waals surface area contributed by atoms with E-state index < -0.39 is 10.0 Å². The number of aromatic amines is 1. The first-order valence-electron chi connectivity index (χ1n) is 6.46. The number of likely N-dealkylation sites (N-methyl/N-ethyl adjacent to an activating group) is 1. The second kappa shape index (κ2) is 7.21. The van der Waals surface area contributed by atoms with Crippen molar-refractivity contribution in [3.05, 3.63) is 42.5 Å². The highest BCUT2D eigenvalue weighted by molar-refractivity contribution is 7.89. The van der Waals surface area contributed by atoms with Gasteiger partial charge in [0, 0.05) is 18.4 Å². The van der Waals surface area contributed by atoms with E-state index >= 15 is 0 Å². The van der Waals surface area contributed by atoms with Gasteiger partial charge in [-0.1, -0.05) is 0 Å². The Hall–Kier alpha value is -1.90. The van der Waals surface area contributed by atoms with E-state index in [4.69, 9.17) is 4.74 Å². The van der Waals surface area contributed by atoms with Crippen molar-refractivity contribution in [1.82, 2.24) is 20.0 Å². The van der Waals surface area contributed by atoms with E-state index in [9.17, 15) is 8.42 Å². The molecule has 1 heterocycles. The Kier molecular flexibility index (Phi) is 5.32. The molecule has 0 saturated carbocycles. The minimum absolute atomic E-state index is 0.169. The van der Waals surface area contributed by atoms with E-state index in [1.54, 1.807) is 18.3 Å². The number of hydrogen-bond acceptors (Lipinski definition) is 5. The lowest BCUT2D eigenvalue weighted by molar-refractivity contribution is 0.318. The first-order chi connectivity index (χ1) is 10.1. The van der Waals surface area contributed by atoms with Crippen molar-refractivity contribution >= 4 is 10.0 Å². The van der Waals surface area contributed by atoms with Gasteiger partial charge in [0.2, 0.25) is 10.0 Å². The normalized spacial score (nSPS) is 11.5. The fourth-order valence-electron chi connectivity index (χ4n) is 1.62. The van der Waals surface area contributed by atoms with Crippen LogP contribution in [0, 0.1) is 0 Å². The van der Waals surface area contributed by atoms with Crippen molar-refractivity contribution < 1.29 is 13.2 Å². The predicted octanol–water partition coefficient (Wildman–Crippen LogP) is 0.486. The van der Waals surface area contributed by atoms with Crippen molar-refractivity contribution in [3.63, 3.8) is 0 Å². The lowest BCUT2D eigenvalue weighted by Crippen LogP contribution is -2.23. The molecule has 0 bridgehead atoms. The lowest BCUT2D eigenvalue weighted by atomic mass is 10.3. The van der Waals surface area contributed by atoms with Gasteiger partial charge in [-0.05, 0) is 31.3 Å². The topological polar surface area (TPSA) is 96.1 Å². The zero-order valence-electron chi connectivity index (χ0n) is 11.7. The molecule has 0 aliphatic carbocycles. The van der Waals surface area contributed by atoms with Gasteiger partial charge in [-0.2, -0.15) is 0 Å². The van der Waals surface area contributed by atoms with Crippen LogP contribution in [-0.4, -0.2) is 38.6 Å². The largest absolute Gasteiger partial charge is 0.492 e. The number of rotatable bonds is 8. The highest BCUT2D eigenvalue weighted by Gasteiger charge is 2.13. The summed E-state index contributed by atoms with van der Waals surface area (Å²) in [6.45, 7) is 1.43. The molecule has 21 heavy (non-hydrogen) atoms. The summed E-state index contributed by atoms with van der Waals surface area (Å²) in [5.41, 5.74) is 0.700. The first-order valence-corrected chi connectivity index (χ1v) is 7.94. The fraction of sp³-hybridized carbons (Fsp3) is 0.308. The van der Waals surface area contributed by atoms with E-state index in [0.29, 0.717) is 18.1 Å². The number of aromatic nitrogens is 2. The molecule has 0 fully saturated rings. The minimum atomic E-state index is -3.54. The molecule has 2 rings (SSSR count). The molecule has 114 valence electrons. The summed E-state index contributed by atoms with van der Waals surface area (Å²) in [6.07, 6.45) is 3.07. The number of nitrogens with zero attached hydrogens (tertiary/aromatic N) is 1. The summed E-state index contributed by atoms with van der Waals surface area (Å²) in [7, 11) is -1.71. The van der Waals surface area contributed by atoms with Gasteiger partial charge in [0.1, 0.15) is 12.4 Å². The molecule has 0 atom stereocenters. The van der Waals surface area contributed by atoms with Crippen LogP contribution < -0.4 is 14.8 Å². The van der Waals surface area contributed by atoms with Gasteiger partial charge < -0.3 is 15.0 Å². The molecule has 1 aromatic carbocycles. The van der Waals surface area contributed by atoms with E-state index in [0.717, 1.165) is 6.54 Å². The van der Waals surface area contributed by atoms with Crippen LogP contribution in [0.5, 0.6) is 5.75 Å². The van der Waals surface area contributed by atoms with Gasteiger partial charge in [-0.3, -0.25) is 0 Å². The predicted molar refractivity (Wildman–Crippen MR) is 78.5 cm³/mol. The molecule has 0 spiro atoms. The van der Waals surface area contributed by atoms with E-state index in [-0.39, 0.29) is 11.4 Å². The lowest BCUT2D eigenvalue weighted by Gasteiger charge is -2.08. The number of sulfonamides is 1. The van der Waals surface area contributed by atoms with Crippen molar-refractivity contribution in [3.8, 4) is 5.75 Å². The maximum atomic E-state index is 12.1. The Morgan fingerprint density at radius 1 is 1.29 bits per heavy atom. The molecule has 2 aromatic rings. The van der Waals surface area contributed by atoms with Crippen molar-refractivity contribution in [1.29, 1.82) is 0 Å². The smallest absolute Gasteiger partial charge is 0.240 e. The van der Waals surface area contributed by atoms with Crippen LogP contribution in [0.2, 0.25) is 0 Å². The minimum Gasteiger partial charge on any atom is -0.492 e. The van der Waals surface area contributed by atoms with Crippen molar-refractivity contribution in [2.45, 2.75) is 11.4 Å². The summed E-state index contributed by atoms with van der Waals surface area (Å²) in [5, 5.41) is 2.96. The van der Waals surface area contributed by atoms with Crippen molar-refractivity contribution in [2.24, 2.45) is 0 Å². The number of ether oxygens (including phenoxy) is 1. The zero-order valence-corrected chi connectivity index (χ0v) is 12.5. The van der Waals surface area contributed by atoms with Gasteiger partial charge in [0.05, 0.1) is 17.8 Å². The van der Waals surface area contributed by atoms with Crippen LogP contribution in [-0.2, 0) is 16.6 Å². The molecule has 3 N–H and O–H groups in total. The monoisotopic (exact) mass is 310 g/mol. The third-order valence-corrected chi connectivity index (χ3v) is 4.18. The van der Waals surface area contributed by atoms with Gasteiger partial charge in [0.15, 0.2) is 0 Å². The first kappa shape index (κ1) is 15.5. The Labute approximate surface area is 123 Å². The van der Waals surface area contributed by atoms with Crippen LogP contribution in [0.4, 0.5) is 0 Å². The Balaban J connectivity index is 1.96. The molecule has 0 radical (unpaired) electrons. The van der Waals surface area contributed by atoms with Crippen LogP contribution in [0.1, 0.15) is 5.69 Å². The average Bonchev–Trinajstić information content (AvgIpc) is 3.00. The number of H-pyrrole nitrogens is 1. The van der Waals surface area contributed by atoms with E-state index in [1.807, 2.05) is 7.05 Å². The van der Waals surface area contributed by atoms with E-state index in [1.165, 1.54) is 18.5 Å².